The lowest BCUT2D eigenvalue weighted by atomic mass is 9.38. The molecular weight excluding hydrogens is 1660 g/mol. The molecule has 5 amide bonds. The van der Waals surface area contributed by atoms with Gasteiger partial charge in [-0.25, -0.2) is 23.1 Å². The first-order valence-electron chi connectivity index (χ1n) is 40.2. The Morgan fingerprint density at radius 2 is 0.844 bits per heavy atom. The van der Waals surface area contributed by atoms with Crippen molar-refractivity contribution in [3.05, 3.63) is 241 Å². The van der Waals surface area contributed by atoms with Crippen LogP contribution in [0.25, 0.3) is 11.3 Å². The highest BCUT2D eigenvalue weighted by Gasteiger charge is 2.71. The number of hydrogen-bond acceptors (Lipinski definition) is 19. The molecule has 12 aliphatic carbocycles. The number of ether oxygens (including phenoxy) is 4. The molecule has 0 saturated heterocycles. The highest BCUT2D eigenvalue weighted by molar-refractivity contribution is 6.32. The Hall–Kier alpha value is -11.1. The van der Waals surface area contributed by atoms with E-state index in [0.717, 1.165) is 130 Å². The van der Waals surface area contributed by atoms with Crippen LogP contribution in [0.1, 0.15) is 192 Å². The number of halogens is 7. The highest BCUT2D eigenvalue weighted by atomic mass is 35.5. The van der Waals surface area contributed by atoms with Crippen LogP contribution in [0.15, 0.2) is 163 Å². The van der Waals surface area contributed by atoms with Gasteiger partial charge in [-0.2, -0.15) is 0 Å². The quantitative estimate of drug-likeness (QED) is 0.0239. The molecule has 5 N–H and O–H groups in total. The number of furan rings is 1. The van der Waals surface area contributed by atoms with E-state index in [2.05, 4.69) is 58.4 Å². The van der Waals surface area contributed by atoms with E-state index in [1.807, 2.05) is 57.2 Å². The number of carbonyl (C=O) groups excluding carboxylic acids is 9. The molecule has 636 valence electrons. The van der Waals surface area contributed by atoms with Crippen molar-refractivity contribution in [2.45, 2.75) is 165 Å². The van der Waals surface area contributed by atoms with Crippen LogP contribution in [0.2, 0.25) is 20.1 Å². The minimum Gasteiger partial charge on any atom is -0.486 e. The monoisotopic (exact) mass is 1740 g/mol. The second-order valence-electron chi connectivity index (χ2n) is 34.2. The molecule has 31 heteroatoms. The molecule has 8 bridgehead atoms. The van der Waals surface area contributed by atoms with Crippen LogP contribution < -0.4 is 45.5 Å². The molecule has 0 atom stereocenters. The first-order valence-corrected chi connectivity index (χ1v) is 41.7. The van der Waals surface area contributed by atoms with E-state index in [1.165, 1.54) is 42.6 Å². The van der Waals surface area contributed by atoms with Gasteiger partial charge in [-0.1, -0.05) is 65.8 Å². The Morgan fingerprint density at radius 1 is 0.426 bits per heavy atom. The number of rotatable bonds is 33. The molecule has 12 fully saturated rings. The molecule has 21 rings (SSSR count). The Labute approximate surface area is 721 Å². The molecule has 5 heterocycles. The number of amides is 5. The summed E-state index contributed by atoms with van der Waals surface area (Å²) in [5.41, 5.74) is 4.28. The second-order valence-corrected chi connectivity index (χ2v) is 35.9. The number of aryl methyl sites for hydroxylation is 3. The van der Waals surface area contributed by atoms with Crippen LogP contribution in [-0.2, 0) is 25.6 Å². The predicted octanol–water partition coefficient (Wildman–Crippen LogP) is 16.1. The molecule has 0 spiro atoms. The number of pyridine rings is 3. The molecule has 24 nitrogen and oxygen atoms in total. The number of aromatic nitrogens is 5. The lowest BCUT2D eigenvalue weighted by molar-refractivity contribution is -0.165. The van der Waals surface area contributed by atoms with Crippen LogP contribution >= 0.6 is 46.4 Å². The minimum absolute atomic E-state index is 0.000207. The fourth-order valence-electron chi connectivity index (χ4n) is 19.0. The highest BCUT2D eigenvalue weighted by Crippen LogP contribution is 2.72. The summed E-state index contributed by atoms with van der Waals surface area (Å²) < 4.78 is 67.2. The van der Waals surface area contributed by atoms with E-state index >= 15 is 0 Å². The topological polar surface area (TPSA) is 328 Å². The standard InChI is InChI=1S/C25H23ClN2O4.C23H23ClFN3O4.C23H24ClFN2O3.C20H19ClFN3O3/c1-16-9-19(5-6-20(16)26)32-12-18(29)10-24-13-25(14-24,15-24)28-23(30)21-7-4-17(11-27-21)22-3-2-8-31-22;1-2-26-21(31)14-3-6-18(27-9-14)19(29)8-22-11-23(12-22,13-22)28-20(30)10-32-15-4-5-16(24)17(25)7-15;1-2-3-15-4-7-19(26-10-15)20(28)9-22-12-23(13-22,14-22)27-21(29)11-30-16-5-6-17(24)18(25)8-16;1-12-6-23-18(24-7-12)16(26)5-19-9-20(10-19,11-19)25-17(27)8-28-13-2-3-14(21)15(22)4-13/h2-9,11H,10,12-15H2,1H3,(H,28,30);3-7,9H,2,8,10-13H2,1H3,(H,26,31)(H,28,30);4-8,10H,2-3,9,11-14H2,1H3,(H,27,29);2-4,6-7H,5,8-11H2,1H3,(H,25,27). The van der Waals surface area contributed by atoms with Gasteiger partial charge in [-0.15, -0.1) is 0 Å². The molecule has 12 aliphatic rings. The number of benzene rings is 4. The van der Waals surface area contributed by atoms with Crippen LogP contribution in [0.3, 0.4) is 0 Å². The van der Waals surface area contributed by atoms with Crippen molar-refractivity contribution in [1.29, 1.82) is 0 Å². The van der Waals surface area contributed by atoms with Gasteiger partial charge in [0.25, 0.3) is 29.5 Å². The number of nitrogens with one attached hydrogen (secondary N) is 5. The third-order valence-electron chi connectivity index (χ3n) is 23.8. The number of hydrogen-bond donors (Lipinski definition) is 5. The molecule has 0 unspecified atom stereocenters. The minimum atomic E-state index is -0.607. The lowest BCUT2D eigenvalue weighted by Gasteiger charge is -2.70. The summed E-state index contributed by atoms with van der Waals surface area (Å²) in [5, 5.41) is 15.4. The number of Topliss-reactive ketones (excluding diaryl/α,β-unsaturated/α-hetero) is 4. The zero-order chi connectivity index (χ0) is 86.6. The third kappa shape index (κ3) is 20.3. The molecule has 9 aromatic rings. The fraction of sp³-hybridized carbons (Fsp3) is 0.385. The summed E-state index contributed by atoms with van der Waals surface area (Å²) in [7, 11) is 0. The Balaban J connectivity index is 0.000000133. The van der Waals surface area contributed by atoms with E-state index in [-0.39, 0.29) is 161 Å². The molecule has 12 saturated carbocycles. The van der Waals surface area contributed by atoms with Gasteiger partial charge < -0.3 is 49.9 Å². The van der Waals surface area contributed by atoms with E-state index in [1.54, 1.807) is 61.4 Å². The Morgan fingerprint density at radius 3 is 1.25 bits per heavy atom. The van der Waals surface area contributed by atoms with Crippen LogP contribution in [0.4, 0.5) is 13.2 Å². The normalized spacial score (nSPS) is 23.6. The summed E-state index contributed by atoms with van der Waals surface area (Å²) >= 11 is 22.9. The van der Waals surface area contributed by atoms with E-state index < -0.39 is 17.5 Å². The third-order valence-corrected chi connectivity index (χ3v) is 25.1. The second kappa shape index (κ2) is 35.7. The lowest BCUT2D eigenvalue weighted by Crippen LogP contribution is -2.75. The van der Waals surface area contributed by atoms with E-state index in [4.69, 9.17) is 69.8 Å². The van der Waals surface area contributed by atoms with Crippen molar-refractivity contribution in [3.8, 4) is 34.3 Å². The van der Waals surface area contributed by atoms with Crippen LogP contribution in [0.5, 0.6) is 23.0 Å². The van der Waals surface area contributed by atoms with Crippen molar-refractivity contribution in [2.24, 2.45) is 21.7 Å². The Kier molecular flexibility index (Phi) is 25.6. The van der Waals surface area contributed by atoms with Gasteiger partial charge >= 0.3 is 0 Å². The molecule has 0 aliphatic heterocycles. The van der Waals surface area contributed by atoms with Crippen molar-refractivity contribution in [3.63, 3.8) is 0 Å². The maximum absolute atomic E-state index is 13.4. The van der Waals surface area contributed by atoms with Gasteiger partial charge in [0.1, 0.15) is 69.9 Å². The summed E-state index contributed by atoms with van der Waals surface area (Å²) in [5.74, 6) is -0.662. The first-order chi connectivity index (χ1) is 58.2. The zero-order valence-corrected chi connectivity index (χ0v) is 70.4. The van der Waals surface area contributed by atoms with E-state index in [0.29, 0.717) is 71.4 Å². The zero-order valence-electron chi connectivity index (χ0n) is 67.4. The van der Waals surface area contributed by atoms with Gasteiger partial charge in [0.2, 0.25) is 5.78 Å². The SMILES string of the molecule is CCCc1ccc(C(=O)CC23CC(NC(=O)COc4ccc(Cl)c(F)c4)(C2)C3)nc1.CCNC(=O)c1ccc(C(=O)CC23CC(NC(=O)COc4ccc(Cl)c(F)c4)(C2)C3)nc1.Cc1cc(OCC(=O)CC23CC(NC(=O)c4ccc(-c5ccco5)cn4)(C2)C3)ccc1Cl.Cc1cnc(C(=O)CC23CC(NC(=O)COc4ccc(Cl)c(F)c4)(C2)C3)nc1. The summed E-state index contributed by atoms with van der Waals surface area (Å²) in [6, 6.07) is 31.6. The van der Waals surface area contributed by atoms with Gasteiger partial charge in [0.15, 0.2) is 43.0 Å². The van der Waals surface area contributed by atoms with Gasteiger partial charge in [0.05, 0.1) is 26.9 Å². The van der Waals surface area contributed by atoms with Crippen LogP contribution in [0, 0.1) is 53.0 Å². The first kappa shape index (κ1) is 87.2. The average Bonchev–Trinajstić information content (AvgIpc) is 0.708. The molecule has 4 aromatic carbocycles. The predicted molar refractivity (Wildman–Crippen MR) is 446 cm³/mol. The molecule has 0 radical (unpaired) electrons. The maximum atomic E-state index is 13.4. The smallest absolute Gasteiger partial charge is 0.270 e. The fourth-order valence-corrected chi connectivity index (χ4v) is 19.4. The average molecular weight is 1750 g/mol. The summed E-state index contributed by atoms with van der Waals surface area (Å²) in [4.78, 5) is 132. The van der Waals surface area contributed by atoms with Crippen molar-refractivity contribution >= 4 is 99.1 Å². The maximum Gasteiger partial charge on any atom is 0.270 e. The van der Waals surface area contributed by atoms with Crippen LogP contribution in [-0.4, -0.2) is 133 Å². The summed E-state index contributed by atoms with van der Waals surface area (Å²) in [6.45, 7) is 7.66. The molecular formula is C91H89Cl4F3N10O14. The number of carbonyl (C=O) groups is 9. The number of ketones is 4. The largest absolute Gasteiger partial charge is 0.486 e. The number of nitrogens with zero attached hydrogens (tertiary/aromatic N) is 5. The van der Waals surface area contributed by atoms with Gasteiger partial charge in [-0.05, 0) is 240 Å². The van der Waals surface area contributed by atoms with Crippen molar-refractivity contribution < 1.29 is 79.7 Å². The van der Waals surface area contributed by atoms with Gasteiger partial charge in [-0.3, -0.25) is 58.1 Å². The molecule has 5 aromatic heterocycles. The van der Waals surface area contributed by atoms with Gasteiger partial charge in [0, 0.05) is 114 Å². The molecule has 122 heavy (non-hydrogen) atoms. The van der Waals surface area contributed by atoms with Crippen molar-refractivity contribution in [2.75, 3.05) is 33.0 Å². The van der Waals surface area contributed by atoms with E-state index in [9.17, 15) is 56.3 Å². The summed E-state index contributed by atoms with van der Waals surface area (Å²) in [6.07, 6.45) is 22.7. The van der Waals surface area contributed by atoms with Crippen molar-refractivity contribution in [1.82, 2.24) is 51.5 Å². The Bertz CT molecular complexity index is 5430.